The number of carbonyl (C=O) groups excluding carboxylic acids is 4. The average molecular weight is 797 g/mol. The maximum atomic E-state index is 14.0. The number of hydrogen-bond donors (Lipinski definition) is 3. The summed E-state index contributed by atoms with van der Waals surface area (Å²) in [6, 6.07) is 13.7. The highest BCUT2D eigenvalue weighted by molar-refractivity contribution is 5.96. The first kappa shape index (κ1) is 40.4. The minimum absolute atomic E-state index is 0.0494. The quantitative estimate of drug-likeness (QED) is 0.145. The van der Waals surface area contributed by atoms with Gasteiger partial charge in [0.2, 0.25) is 5.91 Å². The van der Waals surface area contributed by atoms with Crippen molar-refractivity contribution in [3.05, 3.63) is 88.5 Å². The molecule has 4 aliphatic carbocycles. The summed E-state index contributed by atoms with van der Waals surface area (Å²) in [4.78, 5) is 53.2. The summed E-state index contributed by atoms with van der Waals surface area (Å²) in [6.07, 6.45) is 12.6. The lowest BCUT2D eigenvalue weighted by Crippen LogP contribution is -2.44. The molecule has 7 unspecified atom stereocenters. The number of ether oxygens (including phenoxy) is 5. The van der Waals surface area contributed by atoms with Crippen molar-refractivity contribution in [2.24, 2.45) is 17.8 Å². The van der Waals surface area contributed by atoms with Crippen LogP contribution in [0.3, 0.4) is 0 Å². The number of aliphatic hydroxyl groups is 1. The molecule has 7 atom stereocenters. The molecule has 6 aliphatic rings. The molecular formula is C46H56N2O10. The predicted octanol–water partition coefficient (Wildman–Crippen LogP) is 5.95. The predicted molar refractivity (Wildman–Crippen MR) is 213 cm³/mol. The van der Waals surface area contributed by atoms with Gasteiger partial charge in [0.25, 0.3) is 5.91 Å². The lowest BCUT2D eigenvalue weighted by Gasteiger charge is -2.31. The minimum atomic E-state index is -0.747. The van der Waals surface area contributed by atoms with Crippen molar-refractivity contribution in [3.63, 3.8) is 0 Å². The molecule has 3 N–H and O–H groups in total. The Morgan fingerprint density at radius 2 is 1.72 bits per heavy atom. The van der Waals surface area contributed by atoms with E-state index in [2.05, 4.69) is 16.7 Å². The van der Waals surface area contributed by atoms with Crippen molar-refractivity contribution in [2.75, 3.05) is 6.61 Å². The first-order chi connectivity index (χ1) is 27.9. The average Bonchev–Trinajstić information content (AvgIpc) is 4.07. The second kappa shape index (κ2) is 16.7. The fraction of sp³-hybridized carbons (Fsp3) is 0.565. The van der Waals surface area contributed by atoms with Crippen LogP contribution in [-0.2, 0) is 39.8 Å². The van der Waals surface area contributed by atoms with Gasteiger partial charge in [-0.1, -0.05) is 42.5 Å². The van der Waals surface area contributed by atoms with Crippen LogP contribution in [0.4, 0.5) is 0 Å². The van der Waals surface area contributed by atoms with Gasteiger partial charge in [-0.2, -0.15) is 0 Å². The highest BCUT2D eigenvalue weighted by Crippen LogP contribution is 2.59. The molecule has 5 fully saturated rings. The van der Waals surface area contributed by atoms with E-state index in [1.165, 1.54) is 0 Å². The summed E-state index contributed by atoms with van der Waals surface area (Å²) in [5.74, 6) is -1.35. The molecule has 8 rings (SSSR count). The largest absolute Gasteiger partial charge is 0.460 e. The molecule has 0 bridgehead atoms. The first-order valence-corrected chi connectivity index (χ1v) is 21.1. The molecule has 2 aromatic carbocycles. The number of benzene rings is 2. The standard InChI is InChI=1S/C46H56N2O10/c1-45(2,3)57-40(50)20-18-34(26-49)48-43(52)30-9-6-7-28(21-30)25-47-42(51)31-23-38(41-39(24-31)56-46(58-41,32-14-15-32)33-16-17-33)55-44(53)35-10-5-4-8-29(35)13-11-27-12-19-36-37(22-27)54-36/h4-11,13,21,24,27,32-34,36-39,41,49H,12,14-20,22-23,25-26H2,1-3H3,(H,47,51)(H,48,52). The van der Waals surface area contributed by atoms with Gasteiger partial charge in [-0.25, -0.2) is 4.79 Å². The zero-order chi connectivity index (χ0) is 40.6. The van der Waals surface area contributed by atoms with Crippen LogP contribution in [0.1, 0.15) is 117 Å². The van der Waals surface area contributed by atoms with Gasteiger partial charge in [0.1, 0.15) is 23.9 Å². The molecule has 2 saturated heterocycles. The summed E-state index contributed by atoms with van der Waals surface area (Å²) in [6.45, 7) is 5.14. The molecule has 0 spiro atoms. The Labute approximate surface area is 340 Å². The molecule has 58 heavy (non-hydrogen) atoms. The second-order valence-corrected chi connectivity index (χ2v) is 17.9. The first-order valence-electron chi connectivity index (χ1n) is 21.1. The summed E-state index contributed by atoms with van der Waals surface area (Å²) in [7, 11) is 0. The fourth-order valence-electron chi connectivity index (χ4n) is 8.73. The molecule has 310 valence electrons. The topological polar surface area (TPSA) is 162 Å². The van der Waals surface area contributed by atoms with Gasteiger partial charge in [-0.05, 0) is 113 Å². The normalized spacial score (nSPS) is 27.8. The van der Waals surface area contributed by atoms with Gasteiger partial charge < -0.3 is 39.4 Å². The summed E-state index contributed by atoms with van der Waals surface area (Å²) in [5, 5.41) is 15.7. The van der Waals surface area contributed by atoms with Crippen molar-refractivity contribution < 1.29 is 48.0 Å². The van der Waals surface area contributed by atoms with E-state index in [0.717, 1.165) is 50.5 Å². The fourth-order valence-corrected chi connectivity index (χ4v) is 8.73. The van der Waals surface area contributed by atoms with Gasteiger partial charge in [-0.3, -0.25) is 14.4 Å². The van der Waals surface area contributed by atoms with Crippen molar-refractivity contribution in [1.29, 1.82) is 0 Å². The zero-order valence-electron chi connectivity index (χ0n) is 33.7. The van der Waals surface area contributed by atoms with Crippen LogP contribution in [0, 0.1) is 17.8 Å². The van der Waals surface area contributed by atoms with Crippen LogP contribution in [0.5, 0.6) is 0 Å². The minimum Gasteiger partial charge on any atom is -0.460 e. The van der Waals surface area contributed by atoms with Gasteiger partial charge >= 0.3 is 11.9 Å². The number of epoxide rings is 1. The van der Waals surface area contributed by atoms with Crippen LogP contribution in [-0.4, -0.2) is 83.4 Å². The molecule has 0 aromatic heterocycles. The van der Waals surface area contributed by atoms with E-state index in [4.69, 9.17) is 23.7 Å². The molecule has 2 heterocycles. The van der Waals surface area contributed by atoms with Gasteiger partial charge in [0.15, 0.2) is 5.79 Å². The van der Waals surface area contributed by atoms with Gasteiger partial charge in [0.05, 0.1) is 30.4 Å². The van der Waals surface area contributed by atoms with Crippen LogP contribution in [0.15, 0.2) is 66.3 Å². The molecule has 12 heteroatoms. The van der Waals surface area contributed by atoms with Crippen LogP contribution >= 0.6 is 0 Å². The monoisotopic (exact) mass is 796 g/mol. The SMILES string of the molecule is CC(C)(C)OC(=O)CCC(CO)NC(=O)c1cccc(CNC(=O)C2=CC3OC(C4CC4)(C4CC4)OC3C(OC(=O)c3ccccc3C=CC3CCC4OC4C3)C2)c1. The van der Waals surface area contributed by atoms with Crippen molar-refractivity contribution in [3.8, 4) is 0 Å². The number of esters is 2. The third kappa shape index (κ3) is 9.57. The Balaban J connectivity index is 0.925. The van der Waals surface area contributed by atoms with E-state index in [0.29, 0.717) is 40.4 Å². The third-order valence-corrected chi connectivity index (χ3v) is 12.0. The molecule has 0 radical (unpaired) electrons. The Morgan fingerprint density at radius 3 is 2.45 bits per heavy atom. The Hall–Kier alpha value is -4.36. The number of nitrogens with one attached hydrogen (secondary N) is 2. The molecule has 12 nitrogen and oxygen atoms in total. The molecule has 2 aliphatic heterocycles. The highest BCUT2D eigenvalue weighted by Gasteiger charge is 2.64. The molecule has 2 aromatic rings. The van der Waals surface area contributed by atoms with Crippen molar-refractivity contribution in [2.45, 2.75) is 139 Å². The lowest BCUT2D eigenvalue weighted by atomic mass is 9.88. The number of allylic oxidation sites excluding steroid dienone is 1. The van der Waals surface area contributed by atoms with Crippen molar-refractivity contribution in [1.82, 2.24) is 10.6 Å². The van der Waals surface area contributed by atoms with E-state index >= 15 is 0 Å². The number of carbonyl (C=O) groups is 4. The Morgan fingerprint density at radius 1 is 0.948 bits per heavy atom. The number of hydrogen-bond acceptors (Lipinski definition) is 10. The van der Waals surface area contributed by atoms with Crippen LogP contribution in [0.2, 0.25) is 0 Å². The van der Waals surface area contributed by atoms with E-state index in [9.17, 15) is 24.3 Å². The third-order valence-electron chi connectivity index (χ3n) is 12.0. The summed E-state index contributed by atoms with van der Waals surface area (Å²) >= 11 is 0. The second-order valence-electron chi connectivity index (χ2n) is 17.9. The Bertz CT molecular complexity index is 1930. The van der Waals surface area contributed by atoms with Gasteiger partial charge in [0, 0.05) is 42.4 Å². The molecular weight excluding hydrogens is 741 g/mol. The lowest BCUT2D eigenvalue weighted by molar-refractivity contribution is -0.209. The number of amides is 2. The van der Waals surface area contributed by atoms with Crippen molar-refractivity contribution >= 4 is 29.8 Å². The molecule has 2 amide bonds. The zero-order valence-corrected chi connectivity index (χ0v) is 33.7. The van der Waals surface area contributed by atoms with Crippen LogP contribution < -0.4 is 10.6 Å². The number of fused-ring (bicyclic) bond motifs is 2. The smallest absolute Gasteiger partial charge is 0.339 e. The maximum Gasteiger partial charge on any atom is 0.339 e. The van der Waals surface area contributed by atoms with Crippen LogP contribution in [0.25, 0.3) is 6.08 Å². The summed E-state index contributed by atoms with van der Waals surface area (Å²) < 4.78 is 30.9. The van der Waals surface area contributed by atoms with E-state index in [1.807, 2.05) is 36.4 Å². The van der Waals surface area contributed by atoms with E-state index < -0.39 is 53.6 Å². The summed E-state index contributed by atoms with van der Waals surface area (Å²) in [5.41, 5.74) is 2.10. The number of aliphatic hydroxyl groups excluding tert-OH is 1. The van der Waals surface area contributed by atoms with E-state index in [1.54, 1.807) is 45.0 Å². The Kier molecular flexibility index (Phi) is 11.6. The van der Waals surface area contributed by atoms with Gasteiger partial charge in [-0.15, -0.1) is 0 Å². The maximum absolute atomic E-state index is 14.0. The number of rotatable bonds is 15. The molecule has 3 saturated carbocycles. The van der Waals surface area contributed by atoms with E-state index in [-0.39, 0.29) is 50.2 Å². The highest BCUT2D eigenvalue weighted by atomic mass is 16.8.